The third-order valence-corrected chi connectivity index (χ3v) is 5.38. The van der Waals surface area contributed by atoms with E-state index in [2.05, 4.69) is 30.2 Å². The molecule has 3 aromatic heterocycles. The van der Waals surface area contributed by atoms with Crippen LogP contribution in [-0.2, 0) is 9.53 Å². The first-order chi connectivity index (χ1) is 14.4. The molecule has 0 aliphatic carbocycles. The van der Waals surface area contributed by atoms with Crippen LogP contribution in [0, 0.1) is 12.7 Å². The summed E-state index contributed by atoms with van der Waals surface area (Å²) in [6, 6.07) is 5.80. The number of nitrogens with zero attached hydrogens (tertiary/aromatic N) is 4. The Morgan fingerprint density at radius 3 is 2.73 bits per heavy atom. The summed E-state index contributed by atoms with van der Waals surface area (Å²) in [6.45, 7) is 3.12. The Kier molecular flexibility index (Phi) is 5.19. The largest absolute Gasteiger partial charge is 0.448 e. The predicted octanol–water partition coefficient (Wildman–Crippen LogP) is 3.11. The van der Waals surface area contributed by atoms with Crippen molar-refractivity contribution in [2.24, 2.45) is 0 Å². The fourth-order valence-corrected chi connectivity index (χ4v) is 3.60. The molecule has 9 nitrogen and oxygen atoms in total. The zero-order valence-corrected chi connectivity index (χ0v) is 16.7. The maximum absolute atomic E-state index is 13.1. The molecule has 1 amide bonds. The number of benzene rings is 1. The fourth-order valence-electron chi connectivity index (χ4n) is 2.65. The molecule has 3 heterocycles. The van der Waals surface area contributed by atoms with E-state index in [9.17, 15) is 14.0 Å². The van der Waals surface area contributed by atoms with E-state index < -0.39 is 18.0 Å². The molecule has 2 N–H and O–H groups in total. The summed E-state index contributed by atoms with van der Waals surface area (Å²) in [4.78, 5) is 44.4. The third kappa shape index (κ3) is 3.87. The van der Waals surface area contributed by atoms with Gasteiger partial charge in [0.25, 0.3) is 5.91 Å². The molecule has 0 saturated heterocycles. The summed E-state index contributed by atoms with van der Waals surface area (Å²) in [7, 11) is 0. The SMILES string of the molecule is Cc1nc(-c2ccc(F)cc2)sc1C(=O)OC(C)C(=O)Nc1ncnc2nc[nH]c12. The number of amides is 1. The molecule has 4 aromatic rings. The molecular formula is C19H15FN6O3S. The van der Waals surface area contributed by atoms with Crippen molar-refractivity contribution in [1.82, 2.24) is 24.9 Å². The zero-order valence-electron chi connectivity index (χ0n) is 15.8. The highest BCUT2D eigenvalue weighted by Crippen LogP contribution is 2.29. The lowest BCUT2D eigenvalue weighted by Gasteiger charge is -2.12. The lowest BCUT2D eigenvalue weighted by Crippen LogP contribution is -2.30. The van der Waals surface area contributed by atoms with Crippen molar-refractivity contribution in [2.45, 2.75) is 20.0 Å². The zero-order chi connectivity index (χ0) is 21.3. The molecule has 0 radical (unpaired) electrons. The highest BCUT2D eigenvalue weighted by atomic mass is 32.1. The second-order valence-corrected chi connectivity index (χ2v) is 7.30. The number of carbonyl (C=O) groups is 2. The van der Waals surface area contributed by atoms with Crippen LogP contribution in [0.2, 0.25) is 0 Å². The van der Waals surface area contributed by atoms with Gasteiger partial charge in [-0.2, -0.15) is 0 Å². The summed E-state index contributed by atoms with van der Waals surface area (Å²) >= 11 is 1.11. The van der Waals surface area contributed by atoms with Crippen molar-refractivity contribution < 1.29 is 18.7 Å². The van der Waals surface area contributed by atoms with Gasteiger partial charge < -0.3 is 15.0 Å². The lowest BCUT2D eigenvalue weighted by atomic mass is 10.2. The molecule has 0 aliphatic heterocycles. The highest BCUT2D eigenvalue weighted by Gasteiger charge is 2.24. The van der Waals surface area contributed by atoms with E-state index in [0.717, 1.165) is 11.3 Å². The maximum Gasteiger partial charge on any atom is 0.351 e. The smallest absolute Gasteiger partial charge is 0.351 e. The van der Waals surface area contributed by atoms with Gasteiger partial charge in [0.1, 0.15) is 27.5 Å². The molecule has 1 atom stereocenters. The van der Waals surface area contributed by atoms with Gasteiger partial charge in [-0.1, -0.05) is 0 Å². The van der Waals surface area contributed by atoms with Crippen molar-refractivity contribution in [2.75, 3.05) is 5.32 Å². The van der Waals surface area contributed by atoms with Gasteiger partial charge in [-0.05, 0) is 38.1 Å². The minimum atomic E-state index is -1.08. The molecule has 4 rings (SSSR count). The van der Waals surface area contributed by atoms with Crippen LogP contribution in [0.5, 0.6) is 0 Å². The summed E-state index contributed by atoms with van der Waals surface area (Å²) in [6.07, 6.45) is 1.62. The summed E-state index contributed by atoms with van der Waals surface area (Å²) < 4.78 is 18.4. The Balaban J connectivity index is 1.46. The van der Waals surface area contributed by atoms with Crippen LogP contribution < -0.4 is 5.32 Å². The van der Waals surface area contributed by atoms with Gasteiger partial charge in [-0.25, -0.2) is 29.1 Å². The first kappa shape index (κ1) is 19.6. The number of hydrogen-bond donors (Lipinski definition) is 2. The number of fused-ring (bicyclic) bond motifs is 1. The first-order valence-corrected chi connectivity index (χ1v) is 9.63. The van der Waals surface area contributed by atoms with Crippen LogP contribution in [0.1, 0.15) is 22.3 Å². The van der Waals surface area contributed by atoms with Crippen LogP contribution in [0.3, 0.4) is 0 Å². The number of aryl methyl sites for hydroxylation is 1. The van der Waals surface area contributed by atoms with Gasteiger partial charge in [0.2, 0.25) is 0 Å². The standard InChI is InChI=1S/C19H15FN6O3S/c1-9-14(30-18(25-9)11-3-5-12(20)6-4-11)19(28)29-10(2)17(27)26-16-13-15(22-7-21-13)23-8-24-16/h3-8,10H,1-2H3,(H2,21,22,23,24,26,27). The molecule has 1 unspecified atom stereocenters. The summed E-state index contributed by atoms with van der Waals surface area (Å²) in [5.74, 6) is -1.35. The normalized spacial score (nSPS) is 12.0. The number of halogens is 1. The van der Waals surface area contributed by atoms with Crippen LogP contribution >= 0.6 is 11.3 Å². The second kappa shape index (κ2) is 7.95. The average Bonchev–Trinajstić information content (AvgIpc) is 3.35. The van der Waals surface area contributed by atoms with Crippen molar-refractivity contribution in [3.8, 4) is 10.6 Å². The van der Waals surface area contributed by atoms with Gasteiger partial charge >= 0.3 is 5.97 Å². The average molecular weight is 426 g/mol. The van der Waals surface area contributed by atoms with E-state index in [1.54, 1.807) is 19.1 Å². The van der Waals surface area contributed by atoms with E-state index >= 15 is 0 Å². The summed E-state index contributed by atoms with van der Waals surface area (Å²) in [5, 5.41) is 3.15. The van der Waals surface area contributed by atoms with E-state index in [0.29, 0.717) is 27.4 Å². The molecule has 0 fully saturated rings. The number of imidazole rings is 1. The van der Waals surface area contributed by atoms with Crippen molar-refractivity contribution >= 4 is 40.2 Å². The van der Waals surface area contributed by atoms with Crippen LogP contribution in [0.4, 0.5) is 10.2 Å². The Morgan fingerprint density at radius 1 is 1.20 bits per heavy atom. The molecule has 11 heteroatoms. The Bertz CT molecular complexity index is 1240. The van der Waals surface area contributed by atoms with Gasteiger partial charge in [-0.3, -0.25) is 4.79 Å². The highest BCUT2D eigenvalue weighted by molar-refractivity contribution is 7.17. The maximum atomic E-state index is 13.1. The molecule has 1 aromatic carbocycles. The number of nitrogens with one attached hydrogen (secondary N) is 2. The number of aromatic nitrogens is 5. The lowest BCUT2D eigenvalue weighted by molar-refractivity contribution is -0.123. The number of thiazole rings is 1. The molecular weight excluding hydrogens is 411 g/mol. The van der Waals surface area contributed by atoms with Crippen LogP contribution in [0.15, 0.2) is 36.9 Å². The van der Waals surface area contributed by atoms with E-state index in [1.807, 2.05) is 0 Å². The number of esters is 1. The number of H-pyrrole nitrogens is 1. The third-order valence-electron chi connectivity index (χ3n) is 4.19. The quantitative estimate of drug-likeness (QED) is 0.470. The second-order valence-electron chi connectivity index (χ2n) is 6.30. The molecule has 30 heavy (non-hydrogen) atoms. The molecule has 152 valence electrons. The molecule has 0 aliphatic rings. The first-order valence-electron chi connectivity index (χ1n) is 8.81. The Hall–Kier alpha value is -3.73. The van der Waals surface area contributed by atoms with Crippen LogP contribution in [0.25, 0.3) is 21.7 Å². The van der Waals surface area contributed by atoms with E-state index in [1.165, 1.54) is 31.7 Å². The predicted molar refractivity (Wildman–Crippen MR) is 107 cm³/mol. The number of aromatic amines is 1. The van der Waals surface area contributed by atoms with E-state index in [4.69, 9.17) is 4.74 Å². The van der Waals surface area contributed by atoms with Crippen LogP contribution in [-0.4, -0.2) is 42.9 Å². The van der Waals surface area contributed by atoms with Gasteiger partial charge in [0.15, 0.2) is 17.6 Å². The van der Waals surface area contributed by atoms with Gasteiger partial charge in [-0.15, -0.1) is 11.3 Å². The number of anilines is 1. The van der Waals surface area contributed by atoms with E-state index in [-0.39, 0.29) is 16.5 Å². The monoisotopic (exact) mass is 426 g/mol. The number of hydrogen-bond acceptors (Lipinski definition) is 8. The molecule has 0 spiro atoms. The fraction of sp³-hybridized carbons (Fsp3) is 0.158. The Morgan fingerprint density at radius 2 is 1.97 bits per heavy atom. The van der Waals surface area contributed by atoms with Gasteiger partial charge in [0, 0.05) is 5.56 Å². The Labute approximate surface area is 173 Å². The minimum Gasteiger partial charge on any atom is -0.448 e. The number of rotatable bonds is 5. The van der Waals surface area contributed by atoms with Crippen molar-refractivity contribution in [3.63, 3.8) is 0 Å². The van der Waals surface area contributed by atoms with Gasteiger partial charge in [0.05, 0.1) is 12.0 Å². The summed E-state index contributed by atoms with van der Waals surface area (Å²) in [5.41, 5.74) is 2.01. The number of carbonyl (C=O) groups excluding carboxylic acids is 2. The van der Waals surface area contributed by atoms with Crippen molar-refractivity contribution in [3.05, 3.63) is 53.3 Å². The topological polar surface area (TPSA) is 123 Å². The number of ether oxygens (including phenoxy) is 1. The van der Waals surface area contributed by atoms with Crippen molar-refractivity contribution in [1.29, 1.82) is 0 Å². The molecule has 0 saturated carbocycles. The molecule has 0 bridgehead atoms. The minimum absolute atomic E-state index is 0.234.